The van der Waals surface area contributed by atoms with Crippen molar-refractivity contribution in [1.82, 2.24) is 10.2 Å². The maximum atomic E-state index is 12.4. The van der Waals surface area contributed by atoms with Gasteiger partial charge in [0.05, 0.1) is 0 Å². The molecule has 1 fully saturated rings. The van der Waals surface area contributed by atoms with E-state index in [-0.39, 0.29) is 11.8 Å². The van der Waals surface area contributed by atoms with Crippen LogP contribution >= 0.6 is 0 Å². The number of hydrogen-bond donors (Lipinski definition) is 2. The summed E-state index contributed by atoms with van der Waals surface area (Å²) in [6.07, 6.45) is 1.15. The van der Waals surface area contributed by atoms with Gasteiger partial charge in [0.2, 0.25) is 0 Å². The van der Waals surface area contributed by atoms with Gasteiger partial charge in [-0.25, -0.2) is 4.79 Å². The molecule has 20 heavy (non-hydrogen) atoms. The fourth-order valence-electron chi connectivity index (χ4n) is 2.37. The van der Waals surface area contributed by atoms with Gasteiger partial charge in [-0.2, -0.15) is 0 Å². The first-order valence-corrected chi connectivity index (χ1v) is 6.40. The van der Waals surface area contributed by atoms with Crippen LogP contribution in [0.3, 0.4) is 0 Å². The maximum Gasteiger partial charge on any atom is 0.326 e. The summed E-state index contributed by atoms with van der Waals surface area (Å²) < 4.78 is 0. The van der Waals surface area contributed by atoms with Gasteiger partial charge in [0, 0.05) is 24.7 Å². The van der Waals surface area contributed by atoms with E-state index in [2.05, 4.69) is 5.32 Å². The Hall–Kier alpha value is -2.37. The number of nitrogens with one attached hydrogen (secondary N) is 1. The molecular weight excluding hydrogens is 260 g/mol. The summed E-state index contributed by atoms with van der Waals surface area (Å²) in [7, 11) is 1.51. The molecule has 1 aliphatic heterocycles. The zero-order valence-corrected chi connectivity index (χ0v) is 11.1. The first-order valence-electron chi connectivity index (χ1n) is 6.40. The minimum atomic E-state index is -0.988. The average molecular weight is 276 g/mol. The SMILES string of the molecule is CNC(=O)c1cccc(C(=O)N2CCC[C@@H]2C(=O)O)c1. The van der Waals surface area contributed by atoms with Crippen LogP contribution in [0.4, 0.5) is 0 Å². The number of rotatable bonds is 3. The van der Waals surface area contributed by atoms with Crippen molar-refractivity contribution in [2.45, 2.75) is 18.9 Å². The maximum absolute atomic E-state index is 12.4. The van der Waals surface area contributed by atoms with E-state index < -0.39 is 12.0 Å². The van der Waals surface area contributed by atoms with Crippen molar-refractivity contribution >= 4 is 17.8 Å². The normalized spacial score (nSPS) is 17.9. The van der Waals surface area contributed by atoms with Crippen molar-refractivity contribution in [2.75, 3.05) is 13.6 Å². The lowest BCUT2D eigenvalue weighted by Gasteiger charge is -2.21. The zero-order valence-electron chi connectivity index (χ0n) is 11.1. The van der Waals surface area contributed by atoms with Gasteiger partial charge >= 0.3 is 5.97 Å². The van der Waals surface area contributed by atoms with Gasteiger partial charge in [0.15, 0.2) is 0 Å². The van der Waals surface area contributed by atoms with E-state index in [4.69, 9.17) is 5.11 Å². The van der Waals surface area contributed by atoms with Crippen LogP contribution in [-0.2, 0) is 4.79 Å². The van der Waals surface area contributed by atoms with Gasteiger partial charge in [0.1, 0.15) is 6.04 Å². The van der Waals surface area contributed by atoms with Crippen molar-refractivity contribution in [1.29, 1.82) is 0 Å². The number of hydrogen-bond acceptors (Lipinski definition) is 3. The lowest BCUT2D eigenvalue weighted by molar-refractivity contribution is -0.141. The Labute approximate surface area is 116 Å². The molecule has 1 heterocycles. The van der Waals surface area contributed by atoms with E-state index in [1.165, 1.54) is 18.0 Å². The third-order valence-electron chi connectivity index (χ3n) is 3.40. The Morgan fingerprint density at radius 3 is 2.65 bits per heavy atom. The van der Waals surface area contributed by atoms with Crippen LogP contribution in [0.15, 0.2) is 24.3 Å². The summed E-state index contributed by atoms with van der Waals surface area (Å²) in [4.78, 5) is 36.4. The molecule has 0 unspecified atom stereocenters. The highest BCUT2D eigenvalue weighted by Crippen LogP contribution is 2.20. The van der Waals surface area contributed by atoms with Crippen molar-refractivity contribution in [3.63, 3.8) is 0 Å². The lowest BCUT2D eigenvalue weighted by Crippen LogP contribution is -2.40. The summed E-state index contributed by atoms with van der Waals surface area (Å²) in [5.74, 6) is -1.62. The average Bonchev–Trinajstić information content (AvgIpc) is 2.95. The highest BCUT2D eigenvalue weighted by atomic mass is 16.4. The van der Waals surface area contributed by atoms with Crippen LogP contribution in [0.25, 0.3) is 0 Å². The van der Waals surface area contributed by atoms with Gasteiger partial charge in [-0.1, -0.05) is 6.07 Å². The topological polar surface area (TPSA) is 86.7 Å². The standard InChI is InChI=1S/C14H16N2O4/c1-15-12(17)9-4-2-5-10(8-9)13(18)16-7-3-6-11(16)14(19)20/h2,4-5,8,11H,3,6-7H2,1H3,(H,15,17)(H,19,20)/t11-/m1/s1. The fraction of sp³-hybridized carbons (Fsp3) is 0.357. The Kier molecular flexibility index (Phi) is 4.02. The molecule has 0 spiro atoms. The minimum absolute atomic E-state index is 0.282. The molecule has 0 bridgehead atoms. The zero-order chi connectivity index (χ0) is 14.7. The smallest absolute Gasteiger partial charge is 0.326 e. The molecule has 0 aromatic heterocycles. The Morgan fingerprint density at radius 1 is 1.30 bits per heavy atom. The lowest BCUT2D eigenvalue weighted by atomic mass is 10.1. The monoisotopic (exact) mass is 276 g/mol. The number of nitrogens with zero attached hydrogens (tertiary/aromatic N) is 1. The first kappa shape index (κ1) is 14.0. The molecule has 0 aliphatic carbocycles. The molecule has 1 aromatic rings. The van der Waals surface area contributed by atoms with E-state index in [1.807, 2.05) is 0 Å². The number of carboxylic acids is 1. The third kappa shape index (κ3) is 2.64. The van der Waals surface area contributed by atoms with Gasteiger partial charge in [-0.15, -0.1) is 0 Å². The van der Waals surface area contributed by atoms with E-state index in [9.17, 15) is 14.4 Å². The minimum Gasteiger partial charge on any atom is -0.480 e. The Balaban J connectivity index is 2.25. The number of carbonyl (C=O) groups is 3. The molecule has 0 radical (unpaired) electrons. The molecule has 1 atom stereocenters. The molecule has 6 nitrogen and oxygen atoms in total. The van der Waals surface area contributed by atoms with Gasteiger partial charge in [-0.05, 0) is 31.0 Å². The van der Waals surface area contributed by atoms with Gasteiger partial charge in [0.25, 0.3) is 11.8 Å². The van der Waals surface area contributed by atoms with Gasteiger partial charge < -0.3 is 15.3 Å². The van der Waals surface area contributed by atoms with Crippen molar-refractivity contribution in [2.24, 2.45) is 0 Å². The molecule has 2 amide bonds. The number of aliphatic carboxylic acids is 1. The predicted molar refractivity (Wildman–Crippen MR) is 71.5 cm³/mol. The van der Waals surface area contributed by atoms with Crippen molar-refractivity contribution in [3.05, 3.63) is 35.4 Å². The van der Waals surface area contributed by atoms with E-state index in [1.54, 1.807) is 18.2 Å². The van der Waals surface area contributed by atoms with E-state index >= 15 is 0 Å². The van der Waals surface area contributed by atoms with Crippen LogP contribution in [0.1, 0.15) is 33.6 Å². The molecule has 106 valence electrons. The predicted octanol–water partition coefficient (Wildman–Crippen LogP) is 0.735. The van der Waals surface area contributed by atoms with E-state index in [0.717, 1.165) is 0 Å². The summed E-state index contributed by atoms with van der Waals surface area (Å²) >= 11 is 0. The highest BCUT2D eigenvalue weighted by molar-refractivity contribution is 6.00. The third-order valence-corrected chi connectivity index (χ3v) is 3.40. The first-order chi connectivity index (χ1) is 9.54. The summed E-state index contributed by atoms with van der Waals surface area (Å²) in [6, 6.07) is 5.52. The molecule has 2 N–H and O–H groups in total. The van der Waals surface area contributed by atoms with Crippen molar-refractivity contribution < 1.29 is 19.5 Å². The molecule has 1 aliphatic rings. The fourth-order valence-corrected chi connectivity index (χ4v) is 2.37. The number of benzene rings is 1. The molecular formula is C14H16N2O4. The molecule has 6 heteroatoms. The summed E-state index contributed by atoms with van der Waals surface area (Å²) in [6.45, 7) is 0.431. The second-order valence-electron chi connectivity index (χ2n) is 4.65. The number of likely N-dealkylation sites (tertiary alicyclic amines) is 1. The Morgan fingerprint density at radius 2 is 2.00 bits per heavy atom. The summed E-state index contributed by atoms with van der Waals surface area (Å²) in [5.41, 5.74) is 0.712. The highest BCUT2D eigenvalue weighted by Gasteiger charge is 2.34. The van der Waals surface area contributed by atoms with E-state index in [0.29, 0.717) is 30.5 Å². The van der Waals surface area contributed by atoms with Crippen LogP contribution in [0.5, 0.6) is 0 Å². The van der Waals surface area contributed by atoms with Crippen LogP contribution in [0, 0.1) is 0 Å². The molecule has 1 saturated heterocycles. The largest absolute Gasteiger partial charge is 0.480 e. The number of carbonyl (C=O) groups excluding carboxylic acids is 2. The van der Waals surface area contributed by atoms with Crippen molar-refractivity contribution in [3.8, 4) is 0 Å². The quantitative estimate of drug-likeness (QED) is 0.852. The van der Waals surface area contributed by atoms with Crippen LogP contribution in [0.2, 0.25) is 0 Å². The molecule has 2 rings (SSSR count). The molecule has 0 saturated carbocycles. The second-order valence-corrected chi connectivity index (χ2v) is 4.65. The Bertz CT molecular complexity index is 556. The summed E-state index contributed by atoms with van der Waals surface area (Å²) in [5, 5.41) is 11.6. The molecule has 1 aromatic carbocycles. The van der Waals surface area contributed by atoms with Gasteiger partial charge in [-0.3, -0.25) is 9.59 Å². The number of carboxylic acid groups (broad SMARTS) is 1. The number of amides is 2. The van der Waals surface area contributed by atoms with Crippen LogP contribution < -0.4 is 5.32 Å². The second kappa shape index (κ2) is 5.73. The van der Waals surface area contributed by atoms with Crippen LogP contribution in [-0.4, -0.2) is 47.4 Å².